The second kappa shape index (κ2) is 4.59. The van der Waals surface area contributed by atoms with Gasteiger partial charge in [-0.05, 0) is 5.92 Å². The van der Waals surface area contributed by atoms with Gasteiger partial charge in [-0.15, -0.1) is 0 Å². The van der Waals surface area contributed by atoms with Crippen LogP contribution in [0.25, 0.3) is 0 Å². The lowest BCUT2D eigenvalue weighted by Crippen LogP contribution is -2.12. The molecule has 1 aromatic rings. The van der Waals surface area contributed by atoms with E-state index in [1.54, 1.807) is 0 Å². The minimum atomic E-state index is -4.52. The maximum atomic E-state index is 12.1. The van der Waals surface area contributed by atoms with Gasteiger partial charge in [0.1, 0.15) is 5.69 Å². The molecule has 1 rings (SSSR count). The third-order valence-corrected chi connectivity index (χ3v) is 1.82. The summed E-state index contributed by atoms with van der Waals surface area (Å²) in [4.78, 5) is 18.1. The number of aromatic nitrogens is 2. The molecular formula is C10H11F3N2O. The van der Waals surface area contributed by atoms with Gasteiger partial charge in [0.2, 0.25) is 0 Å². The number of ketones is 1. The lowest BCUT2D eigenvalue weighted by atomic mass is 10.1. The molecule has 3 nitrogen and oxygen atoms in total. The number of carbonyl (C=O) groups excluding carboxylic acids is 1. The van der Waals surface area contributed by atoms with Crippen molar-refractivity contribution in [2.75, 3.05) is 0 Å². The number of alkyl halides is 3. The molecule has 0 fully saturated rings. The van der Waals surface area contributed by atoms with Crippen molar-refractivity contribution in [1.82, 2.24) is 9.97 Å². The molecule has 6 heteroatoms. The summed E-state index contributed by atoms with van der Waals surface area (Å²) in [5, 5.41) is 0. The van der Waals surface area contributed by atoms with Gasteiger partial charge in [0, 0.05) is 6.42 Å². The van der Waals surface area contributed by atoms with Crippen molar-refractivity contribution in [3.05, 3.63) is 23.8 Å². The Balaban J connectivity index is 2.83. The summed E-state index contributed by atoms with van der Waals surface area (Å²) in [5.74, 6) is -0.159. The van der Waals surface area contributed by atoms with Gasteiger partial charge in [0.05, 0.1) is 12.4 Å². The third-order valence-electron chi connectivity index (χ3n) is 1.82. The molecule has 88 valence electrons. The zero-order chi connectivity index (χ0) is 12.3. The molecule has 1 heterocycles. The Labute approximate surface area is 90.7 Å². The topological polar surface area (TPSA) is 42.9 Å². The molecule has 0 atom stereocenters. The van der Waals surface area contributed by atoms with E-state index in [1.165, 1.54) is 0 Å². The average molecular weight is 232 g/mol. The zero-order valence-electron chi connectivity index (χ0n) is 8.88. The van der Waals surface area contributed by atoms with Crippen LogP contribution >= 0.6 is 0 Å². The molecule has 0 saturated carbocycles. The zero-order valence-corrected chi connectivity index (χ0v) is 8.88. The van der Waals surface area contributed by atoms with Crippen LogP contribution in [0.15, 0.2) is 12.4 Å². The van der Waals surface area contributed by atoms with Gasteiger partial charge in [-0.2, -0.15) is 13.2 Å². The highest BCUT2D eigenvalue weighted by atomic mass is 19.4. The van der Waals surface area contributed by atoms with E-state index < -0.39 is 11.9 Å². The molecule has 0 spiro atoms. The lowest BCUT2D eigenvalue weighted by molar-refractivity contribution is -0.141. The summed E-state index contributed by atoms with van der Waals surface area (Å²) in [6.45, 7) is 3.69. The number of rotatable bonds is 3. The highest BCUT2D eigenvalue weighted by Crippen LogP contribution is 2.26. The summed E-state index contributed by atoms with van der Waals surface area (Å²) in [6, 6.07) is 0. The molecular weight excluding hydrogens is 221 g/mol. The number of halogens is 3. The quantitative estimate of drug-likeness (QED) is 0.752. The van der Waals surface area contributed by atoms with Gasteiger partial charge >= 0.3 is 6.18 Å². The van der Waals surface area contributed by atoms with Crippen molar-refractivity contribution in [2.45, 2.75) is 26.4 Å². The third kappa shape index (κ3) is 3.29. The number of hydrogen-bond donors (Lipinski definition) is 0. The van der Waals surface area contributed by atoms with Crippen molar-refractivity contribution in [2.24, 2.45) is 5.92 Å². The van der Waals surface area contributed by atoms with Gasteiger partial charge < -0.3 is 0 Å². The first-order valence-corrected chi connectivity index (χ1v) is 4.73. The molecule has 0 N–H and O–H groups in total. The summed E-state index contributed by atoms with van der Waals surface area (Å²) in [5.41, 5.74) is -1.12. The maximum Gasteiger partial charge on any atom is 0.434 e. The van der Waals surface area contributed by atoms with Crippen molar-refractivity contribution in [1.29, 1.82) is 0 Å². The molecule has 0 aromatic carbocycles. The molecule has 0 bridgehead atoms. The van der Waals surface area contributed by atoms with Crippen LogP contribution in [0.4, 0.5) is 13.2 Å². The number of Topliss-reactive ketones (excluding diaryl/α,β-unsaturated/α-hetero) is 1. The van der Waals surface area contributed by atoms with Crippen LogP contribution in [0.1, 0.15) is 36.5 Å². The van der Waals surface area contributed by atoms with Crippen LogP contribution in [0.5, 0.6) is 0 Å². The summed E-state index contributed by atoms with van der Waals surface area (Å²) in [7, 11) is 0. The van der Waals surface area contributed by atoms with Crippen LogP contribution in [0, 0.1) is 5.92 Å². The Morgan fingerprint density at radius 1 is 1.31 bits per heavy atom. The number of carbonyl (C=O) groups is 1. The fourth-order valence-electron chi connectivity index (χ4n) is 1.09. The van der Waals surface area contributed by atoms with Crippen molar-refractivity contribution < 1.29 is 18.0 Å². The van der Waals surface area contributed by atoms with Gasteiger partial charge in [-0.1, -0.05) is 13.8 Å². The van der Waals surface area contributed by atoms with E-state index in [1.807, 2.05) is 13.8 Å². The number of nitrogens with zero attached hydrogens (tertiary/aromatic N) is 2. The number of hydrogen-bond acceptors (Lipinski definition) is 3. The van der Waals surface area contributed by atoms with Crippen LogP contribution in [-0.4, -0.2) is 15.8 Å². The van der Waals surface area contributed by atoms with E-state index in [4.69, 9.17) is 0 Å². The van der Waals surface area contributed by atoms with Gasteiger partial charge in [-0.3, -0.25) is 4.79 Å². The first kappa shape index (κ1) is 12.6. The fraction of sp³-hybridized carbons (Fsp3) is 0.500. The molecule has 0 aliphatic heterocycles. The predicted molar refractivity (Wildman–Crippen MR) is 50.8 cm³/mol. The summed E-state index contributed by atoms with van der Waals surface area (Å²) < 4.78 is 36.4. The fourth-order valence-corrected chi connectivity index (χ4v) is 1.09. The van der Waals surface area contributed by atoms with Crippen LogP contribution in [0.3, 0.4) is 0 Å². The summed E-state index contributed by atoms with van der Waals surface area (Å²) >= 11 is 0. The molecule has 0 aliphatic carbocycles. The smallest absolute Gasteiger partial charge is 0.292 e. The Bertz CT molecular complexity index is 371. The highest BCUT2D eigenvalue weighted by molar-refractivity contribution is 5.93. The Morgan fingerprint density at radius 3 is 2.31 bits per heavy atom. The van der Waals surface area contributed by atoms with Gasteiger partial charge in [0.25, 0.3) is 0 Å². The average Bonchev–Trinajstić information content (AvgIpc) is 2.15. The van der Waals surface area contributed by atoms with Crippen molar-refractivity contribution in [3.63, 3.8) is 0 Å². The minimum absolute atomic E-state index is 0.0262. The Morgan fingerprint density at radius 2 is 1.94 bits per heavy atom. The molecule has 16 heavy (non-hydrogen) atoms. The SMILES string of the molecule is CC(C)CC(=O)c1cnc(C(F)(F)F)cn1. The molecule has 0 unspecified atom stereocenters. The van der Waals surface area contributed by atoms with E-state index in [0.717, 1.165) is 6.20 Å². The Hall–Kier alpha value is -1.46. The second-order valence-electron chi connectivity index (χ2n) is 3.81. The second-order valence-corrected chi connectivity index (χ2v) is 3.81. The maximum absolute atomic E-state index is 12.1. The van der Waals surface area contributed by atoms with Crippen LogP contribution in [-0.2, 0) is 6.18 Å². The molecule has 1 aromatic heterocycles. The molecule has 0 amide bonds. The minimum Gasteiger partial charge on any atom is -0.292 e. The first-order chi connectivity index (χ1) is 7.30. The van der Waals surface area contributed by atoms with Gasteiger partial charge in [-0.25, -0.2) is 9.97 Å². The van der Waals surface area contributed by atoms with Crippen molar-refractivity contribution >= 4 is 5.78 Å². The van der Waals surface area contributed by atoms with Crippen LogP contribution in [0.2, 0.25) is 0 Å². The normalized spacial score (nSPS) is 11.9. The predicted octanol–water partition coefficient (Wildman–Crippen LogP) is 2.72. The molecule has 0 radical (unpaired) electrons. The largest absolute Gasteiger partial charge is 0.434 e. The first-order valence-electron chi connectivity index (χ1n) is 4.73. The lowest BCUT2D eigenvalue weighted by Gasteiger charge is -2.06. The van der Waals surface area contributed by atoms with E-state index in [-0.39, 0.29) is 23.8 Å². The van der Waals surface area contributed by atoms with E-state index >= 15 is 0 Å². The van der Waals surface area contributed by atoms with Gasteiger partial charge in [0.15, 0.2) is 11.5 Å². The molecule has 0 saturated heterocycles. The highest BCUT2D eigenvalue weighted by Gasteiger charge is 2.32. The summed E-state index contributed by atoms with van der Waals surface area (Å²) in [6.07, 6.45) is -2.83. The van der Waals surface area contributed by atoms with E-state index in [9.17, 15) is 18.0 Å². The standard InChI is InChI=1S/C10H11F3N2O/c1-6(2)3-8(16)7-4-15-9(5-14-7)10(11,12)13/h4-6H,3H2,1-2H3. The monoisotopic (exact) mass is 232 g/mol. The van der Waals surface area contributed by atoms with Crippen molar-refractivity contribution in [3.8, 4) is 0 Å². The molecule has 0 aliphatic rings. The van der Waals surface area contributed by atoms with E-state index in [0.29, 0.717) is 6.20 Å². The van der Waals surface area contributed by atoms with Crippen LogP contribution < -0.4 is 0 Å². The van der Waals surface area contributed by atoms with E-state index in [2.05, 4.69) is 9.97 Å². The Kier molecular flexibility index (Phi) is 3.62.